The summed E-state index contributed by atoms with van der Waals surface area (Å²) in [5.74, 6) is -0.515. The molecule has 1 aliphatic carbocycles. The van der Waals surface area contributed by atoms with Crippen molar-refractivity contribution in [3.63, 3.8) is 0 Å². The van der Waals surface area contributed by atoms with Crippen LogP contribution in [-0.2, 0) is 11.2 Å². The van der Waals surface area contributed by atoms with E-state index in [-0.39, 0.29) is 17.7 Å². The number of rotatable bonds is 11. The molecule has 27 heavy (non-hydrogen) atoms. The molecule has 5 N–H and O–H groups in total. The molecule has 5 nitrogen and oxygen atoms in total. The Balaban J connectivity index is 1.81. The Bertz CT molecular complexity index is 614. The normalized spacial score (nSPS) is 26.9. The van der Waals surface area contributed by atoms with Crippen LogP contribution < -0.4 is 5.73 Å². The largest absolute Gasteiger partial charge is 0.393 e. The van der Waals surface area contributed by atoms with E-state index in [1.54, 1.807) is 17.4 Å². The Kier molecular flexibility index (Phi) is 9.21. The van der Waals surface area contributed by atoms with Gasteiger partial charge in [-0.1, -0.05) is 24.3 Å². The Hall–Kier alpha value is -1.47. The molecule has 1 heterocycles. The van der Waals surface area contributed by atoms with Crippen molar-refractivity contribution in [1.82, 2.24) is 0 Å². The van der Waals surface area contributed by atoms with E-state index < -0.39 is 18.3 Å². The van der Waals surface area contributed by atoms with Gasteiger partial charge in [0.05, 0.1) is 18.3 Å². The van der Waals surface area contributed by atoms with Gasteiger partial charge in [-0.25, -0.2) is 0 Å². The van der Waals surface area contributed by atoms with Crippen molar-refractivity contribution in [2.45, 2.75) is 63.3 Å². The number of unbranched alkanes of at least 4 members (excludes halogenated alkanes) is 1. The maximum absolute atomic E-state index is 10.7. The van der Waals surface area contributed by atoms with E-state index in [1.807, 2.05) is 23.6 Å². The number of primary amides is 1. The van der Waals surface area contributed by atoms with Gasteiger partial charge in [-0.2, -0.15) is 11.3 Å². The first kappa shape index (κ1) is 21.8. The molecule has 0 aromatic carbocycles. The van der Waals surface area contributed by atoms with Crippen molar-refractivity contribution in [2.75, 3.05) is 0 Å². The van der Waals surface area contributed by atoms with Crippen LogP contribution >= 0.6 is 11.3 Å². The third-order valence-corrected chi connectivity index (χ3v) is 5.88. The lowest BCUT2D eigenvalue weighted by Crippen LogP contribution is -2.20. The van der Waals surface area contributed by atoms with E-state index in [0.29, 0.717) is 25.7 Å². The standard InChI is InChI=1S/C21H31NO4S/c22-21(26)6-4-2-1-3-5-17-18(20(25)13-19(17)24)10-9-16(23)8-7-15-11-12-27-14-15/h1,3,9-12,14,16-20,23-25H,2,4-8,13H2,(H2,22,26)/t16-,17-,18-,19+,20-/m1/s1. The highest BCUT2D eigenvalue weighted by Gasteiger charge is 2.39. The number of carbonyl (C=O) groups excluding carboxylic acids is 1. The van der Waals surface area contributed by atoms with Gasteiger partial charge < -0.3 is 21.1 Å². The highest BCUT2D eigenvalue weighted by atomic mass is 32.1. The molecule has 1 aliphatic rings. The highest BCUT2D eigenvalue weighted by molar-refractivity contribution is 7.07. The molecule has 1 amide bonds. The zero-order valence-corrected chi connectivity index (χ0v) is 16.4. The lowest BCUT2D eigenvalue weighted by atomic mass is 9.89. The molecule has 1 saturated carbocycles. The summed E-state index contributed by atoms with van der Waals surface area (Å²) in [5, 5.41) is 34.8. The molecule has 2 rings (SSSR count). The van der Waals surface area contributed by atoms with Gasteiger partial charge >= 0.3 is 0 Å². The first-order valence-electron chi connectivity index (χ1n) is 9.64. The smallest absolute Gasteiger partial charge is 0.217 e. The molecule has 0 spiro atoms. The number of aryl methyl sites for hydroxylation is 1. The maximum atomic E-state index is 10.7. The number of hydrogen-bond donors (Lipinski definition) is 4. The minimum absolute atomic E-state index is 0.0623. The van der Waals surface area contributed by atoms with Crippen molar-refractivity contribution < 1.29 is 20.1 Å². The molecule has 0 radical (unpaired) electrons. The summed E-state index contributed by atoms with van der Waals surface area (Å²) < 4.78 is 0. The molecule has 0 aliphatic heterocycles. The molecule has 5 atom stereocenters. The Morgan fingerprint density at radius 1 is 1.33 bits per heavy atom. The summed E-state index contributed by atoms with van der Waals surface area (Å²) in [6.07, 6.45) is 10.3. The molecular formula is C21H31NO4S. The topological polar surface area (TPSA) is 104 Å². The van der Waals surface area contributed by atoms with Crippen molar-refractivity contribution in [3.05, 3.63) is 46.7 Å². The predicted octanol–water partition coefficient (Wildman–Crippen LogP) is 2.56. The van der Waals surface area contributed by atoms with E-state index in [0.717, 1.165) is 19.3 Å². The fraction of sp³-hybridized carbons (Fsp3) is 0.571. The van der Waals surface area contributed by atoms with E-state index in [9.17, 15) is 20.1 Å². The number of aliphatic hydroxyl groups is 3. The first-order chi connectivity index (χ1) is 13.0. The van der Waals surface area contributed by atoms with Crippen molar-refractivity contribution in [3.8, 4) is 0 Å². The zero-order chi connectivity index (χ0) is 19.6. The van der Waals surface area contributed by atoms with Gasteiger partial charge in [-0.05, 0) is 60.4 Å². The van der Waals surface area contributed by atoms with Crippen LogP contribution in [0.5, 0.6) is 0 Å². The van der Waals surface area contributed by atoms with Crippen LogP contribution in [0, 0.1) is 11.8 Å². The van der Waals surface area contributed by atoms with Crippen LogP contribution in [0.2, 0.25) is 0 Å². The van der Waals surface area contributed by atoms with Gasteiger partial charge in [0.1, 0.15) is 0 Å². The van der Waals surface area contributed by atoms with Crippen LogP contribution in [0.3, 0.4) is 0 Å². The minimum Gasteiger partial charge on any atom is -0.393 e. The SMILES string of the molecule is NC(=O)CCCC=CC[C@@H]1[C@@H](C=C[C@H](O)CCc2ccsc2)[C@H](O)C[C@@H]1O. The molecule has 1 aromatic rings. The van der Waals surface area contributed by atoms with Gasteiger partial charge in [0, 0.05) is 18.8 Å². The molecule has 0 bridgehead atoms. The quantitative estimate of drug-likeness (QED) is 0.343. The van der Waals surface area contributed by atoms with E-state index in [1.165, 1.54) is 5.56 Å². The molecule has 0 unspecified atom stereocenters. The molecule has 150 valence electrons. The van der Waals surface area contributed by atoms with Crippen LogP contribution in [0.1, 0.15) is 44.1 Å². The fourth-order valence-corrected chi connectivity index (χ4v) is 4.28. The summed E-state index contributed by atoms with van der Waals surface area (Å²) in [7, 11) is 0. The summed E-state index contributed by atoms with van der Waals surface area (Å²) >= 11 is 1.65. The fourth-order valence-electron chi connectivity index (χ4n) is 3.57. The van der Waals surface area contributed by atoms with E-state index in [4.69, 9.17) is 5.73 Å². The van der Waals surface area contributed by atoms with Crippen LogP contribution in [0.25, 0.3) is 0 Å². The average molecular weight is 394 g/mol. The van der Waals surface area contributed by atoms with E-state index in [2.05, 4.69) is 11.4 Å². The number of hydrogen-bond acceptors (Lipinski definition) is 5. The Morgan fingerprint density at radius 2 is 2.15 bits per heavy atom. The molecular weight excluding hydrogens is 362 g/mol. The summed E-state index contributed by atoms with van der Waals surface area (Å²) in [6.45, 7) is 0. The Labute approximate surface area is 165 Å². The minimum atomic E-state index is -0.589. The average Bonchev–Trinajstić information content (AvgIpc) is 3.22. The third kappa shape index (κ3) is 7.58. The summed E-state index contributed by atoms with van der Waals surface area (Å²) in [6, 6.07) is 2.06. The number of allylic oxidation sites excluding steroid dienone is 2. The molecule has 0 saturated heterocycles. The second-order valence-electron chi connectivity index (χ2n) is 7.30. The van der Waals surface area contributed by atoms with Gasteiger partial charge in [-0.15, -0.1) is 0 Å². The van der Waals surface area contributed by atoms with Gasteiger partial charge in [0.2, 0.25) is 5.91 Å². The van der Waals surface area contributed by atoms with Crippen molar-refractivity contribution in [1.29, 1.82) is 0 Å². The maximum Gasteiger partial charge on any atom is 0.217 e. The molecule has 1 aromatic heterocycles. The lowest BCUT2D eigenvalue weighted by Gasteiger charge is -2.19. The molecule has 6 heteroatoms. The number of amides is 1. The number of thiophene rings is 1. The van der Waals surface area contributed by atoms with Gasteiger partial charge in [-0.3, -0.25) is 4.79 Å². The van der Waals surface area contributed by atoms with Gasteiger partial charge in [0.25, 0.3) is 0 Å². The van der Waals surface area contributed by atoms with E-state index >= 15 is 0 Å². The number of nitrogens with two attached hydrogens (primary N) is 1. The predicted molar refractivity (Wildman–Crippen MR) is 108 cm³/mol. The number of aliphatic hydroxyl groups excluding tert-OH is 3. The Morgan fingerprint density at radius 3 is 2.85 bits per heavy atom. The second kappa shape index (κ2) is 11.4. The monoisotopic (exact) mass is 393 g/mol. The zero-order valence-electron chi connectivity index (χ0n) is 15.6. The first-order valence-corrected chi connectivity index (χ1v) is 10.6. The van der Waals surface area contributed by atoms with Crippen LogP contribution in [0.15, 0.2) is 41.1 Å². The highest BCUT2D eigenvalue weighted by Crippen LogP contribution is 2.36. The summed E-state index contributed by atoms with van der Waals surface area (Å²) in [5.41, 5.74) is 6.34. The van der Waals surface area contributed by atoms with Gasteiger partial charge in [0.15, 0.2) is 0 Å². The molecule has 1 fully saturated rings. The van der Waals surface area contributed by atoms with Crippen LogP contribution in [0.4, 0.5) is 0 Å². The van der Waals surface area contributed by atoms with Crippen LogP contribution in [-0.4, -0.2) is 39.5 Å². The second-order valence-corrected chi connectivity index (χ2v) is 8.08. The lowest BCUT2D eigenvalue weighted by molar-refractivity contribution is -0.118. The third-order valence-electron chi connectivity index (χ3n) is 5.15. The van der Waals surface area contributed by atoms with Crippen molar-refractivity contribution in [2.24, 2.45) is 17.6 Å². The van der Waals surface area contributed by atoms with Crippen molar-refractivity contribution >= 4 is 17.2 Å². The number of carbonyl (C=O) groups is 1. The summed E-state index contributed by atoms with van der Waals surface area (Å²) in [4.78, 5) is 10.7.